The fourth-order valence-corrected chi connectivity index (χ4v) is 5.89. The number of hydrogen-bond donors (Lipinski definition) is 3. The minimum Gasteiger partial charge on any atom is -0.496 e. The molecule has 4 rings (SSSR count). The number of aromatic nitrogens is 1. The summed E-state index contributed by atoms with van der Waals surface area (Å²) in [6, 6.07) is 12.5. The number of carbonyl (C=O) groups excluding carboxylic acids is 2. The van der Waals surface area contributed by atoms with E-state index in [1.54, 1.807) is 19.1 Å². The van der Waals surface area contributed by atoms with E-state index in [0.717, 1.165) is 16.5 Å². The maximum atomic E-state index is 13.3. The van der Waals surface area contributed by atoms with Gasteiger partial charge in [-0.05, 0) is 55.2 Å². The second kappa shape index (κ2) is 11.1. The van der Waals surface area contributed by atoms with E-state index in [4.69, 9.17) is 9.47 Å². The molecule has 1 aromatic heterocycles. The Morgan fingerprint density at radius 2 is 1.94 bits per heavy atom. The zero-order valence-corrected chi connectivity index (χ0v) is 21.1. The van der Waals surface area contributed by atoms with E-state index in [0.29, 0.717) is 30.8 Å². The average molecular weight is 515 g/mol. The molecular weight excluding hydrogens is 484 g/mol. The molecule has 1 atom stereocenters. The number of benzene rings is 2. The molecule has 1 fully saturated rings. The molecule has 0 saturated carbocycles. The monoisotopic (exact) mass is 514 g/mol. The third-order valence-corrected chi connectivity index (χ3v) is 8.01. The number of fused-ring (bicyclic) bond motifs is 1. The maximum Gasteiger partial charge on any atom is 0.309 e. The Morgan fingerprint density at radius 3 is 2.72 bits per heavy atom. The summed E-state index contributed by atoms with van der Waals surface area (Å²) in [6.07, 6.45) is 2.04. The van der Waals surface area contributed by atoms with Gasteiger partial charge in [0.1, 0.15) is 12.0 Å². The van der Waals surface area contributed by atoms with Crippen LogP contribution in [0.2, 0.25) is 0 Å². The number of aryl methyl sites for hydroxylation is 1. The smallest absolute Gasteiger partial charge is 0.309 e. The number of methoxy groups -OCH3 is 1. The van der Waals surface area contributed by atoms with Gasteiger partial charge in [0, 0.05) is 30.2 Å². The van der Waals surface area contributed by atoms with E-state index in [1.807, 2.05) is 30.5 Å². The first kappa shape index (κ1) is 25.7. The van der Waals surface area contributed by atoms with Crippen molar-refractivity contribution in [1.29, 1.82) is 0 Å². The van der Waals surface area contributed by atoms with Gasteiger partial charge >= 0.3 is 11.8 Å². The Labute approximate surface area is 210 Å². The molecule has 10 nitrogen and oxygen atoms in total. The fourth-order valence-electron chi connectivity index (χ4n) is 4.24. The third-order valence-electron chi connectivity index (χ3n) is 6.13. The van der Waals surface area contributed by atoms with E-state index < -0.39 is 28.1 Å². The number of rotatable bonds is 8. The summed E-state index contributed by atoms with van der Waals surface area (Å²) >= 11 is 0. The Morgan fingerprint density at radius 1 is 1.17 bits per heavy atom. The van der Waals surface area contributed by atoms with Gasteiger partial charge in [-0.2, -0.15) is 4.31 Å². The minimum absolute atomic E-state index is 0.109. The number of nitrogens with zero attached hydrogens (tertiary/aromatic N) is 1. The van der Waals surface area contributed by atoms with E-state index >= 15 is 0 Å². The lowest BCUT2D eigenvalue weighted by Crippen LogP contribution is -2.53. The molecule has 1 aliphatic heterocycles. The lowest BCUT2D eigenvalue weighted by Gasteiger charge is -2.34. The zero-order valence-electron chi connectivity index (χ0n) is 20.2. The van der Waals surface area contributed by atoms with Crippen LogP contribution in [0, 0.1) is 6.92 Å². The molecule has 0 unspecified atom stereocenters. The van der Waals surface area contributed by atoms with E-state index in [2.05, 4.69) is 15.6 Å². The van der Waals surface area contributed by atoms with Crippen molar-refractivity contribution in [2.45, 2.75) is 30.9 Å². The van der Waals surface area contributed by atoms with Gasteiger partial charge in [0.05, 0.1) is 25.2 Å². The Kier molecular flexibility index (Phi) is 7.92. The summed E-state index contributed by atoms with van der Waals surface area (Å²) in [7, 11) is -2.37. The van der Waals surface area contributed by atoms with E-state index in [-0.39, 0.29) is 24.5 Å². The van der Waals surface area contributed by atoms with Crippen molar-refractivity contribution in [3.05, 3.63) is 59.8 Å². The van der Waals surface area contributed by atoms with Crippen LogP contribution in [0.15, 0.2) is 53.6 Å². The largest absolute Gasteiger partial charge is 0.496 e. The molecule has 0 bridgehead atoms. The van der Waals surface area contributed by atoms with Gasteiger partial charge in [-0.15, -0.1) is 0 Å². The maximum absolute atomic E-state index is 13.3. The number of ether oxygens (including phenoxy) is 2. The Hall–Kier alpha value is -3.41. The minimum atomic E-state index is -3.89. The summed E-state index contributed by atoms with van der Waals surface area (Å²) < 4.78 is 38.6. The number of H-pyrrole nitrogens is 1. The van der Waals surface area contributed by atoms with Gasteiger partial charge in [-0.1, -0.05) is 18.2 Å². The van der Waals surface area contributed by atoms with Crippen molar-refractivity contribution < 1.29 is 27.5 Å². The van der Waals surface area contributed by atoms with Crippen LogP contribution >= 0.6 is 0 Å². The Balaban J connectivity index is 1.33. The molecule has 2 amide bonds. The van der Waals surface area contributed by atoms with Crippen LogP contribution in [0.25, 0.3) is 10.9 Å². The molecule has 192 valence electrons. The molecule has 1 saturated heterocycles. The highest BCUT2D eigenvalue weighted by atomic mass is 32.2. The standard InChI is InChI=1S/C25H30N4O6S/c1-17-14-19(8-9-22(17)34-2)36(32,33)29-12-5-13-35-23(29)16-28-25(31)24(30)26-11-10-18-15-27-21-7-4-3-6-20(18)21/h3-4,6-9,14-15,23,27H,5,10-13,16H2,1-2H3,(H,26,30)(H,28,31)/t23-/m0/s1. The van der Waals surface area contributed by atoms with E-state index in [9.17, 15) is 18.0 Å². The first-order chi connectivity index (χ1) is 17.3. The molecule has 0 aliphatic carbocycles. The first-order valence-corrected chi connectivity index (χ1v) is 13.1. The van der Waals surface area contributed by atoms with Crippen molar-refractivity contribution >= 4 is 32.7 Å². The van der Waals surface area contributed by atoms with E-state index in [1.165, 1.54) is 17.5 Å². The summed E-state index contributed by atoms with van der Waals surface area (Å²) in [5.41, 5.74) is 2.73. The van der Waals surface area contributed by atoms with Gasteiger partial charge in [0.15, 0.2) is 0 Å². The van der Waals surface area contributed by atoms with Crippen LogP contribution in [0.5, 0.6) is 5.75 Å². The second-order valence-corrected chi connectivity index (χ2v) is 10.4. The number of aromatic amines is 1. The lowest BCUT2D eigenvalue weighted by molar-refractivity contribution is -0.140. The highest BCUT2D eigenvalue weighted by molar-refractivity contribution is 7.89. The van der Waals surface area contributed by atoms with Gasteiger partial charge in [-0.3, -0.25) is 9.59 Å². The van der Waals surface area contributed by atoms with Crippen LogP contribution in [0.1, 0.15) is 17.5 Å². The van der Waals surface area contributed by atoms with Crippen molar-refractivity contribution in [2.24, 2.45) is 0 Å². The first-order valence-electron chi connectivity index (χ1n) is 11.7. The third kappa shape index (κ3) is 5.53. The highest BCUT2D eigenvalue weighted by Gasteiger charge is 2.35. The van der Waals surface area contributed by atoms with Crippen molar-refractivity contribution in [2.75, 3.05) is 33.4 Å². The summed E-state index contributed by atoms with van der Waals surface area (Å²) in [5.74, 6) is -1.05. The lowest BCUT2D eigenvalue weighted by atomic mass is 10.1. The molecule has 2 aromatic carbocycles. The molecule has 2 heterocycles. The molecule has 11 heteroatoms. The van der Waals surface area contributed by atoms with Crippen LogP contribution in [0.4, 0.5) is 0 Å². The van der Waals surface area contributed by atoms with Crippen molar-refractivity contribution in [3.8, 4) is 5.75 Å². The van der Waals surface area contributed by atoms with Crippen LogP contribution in [-0.4, -0.2) is 69.1 Å². The highest BCUT2D eigenvalue weighted by Crippen LogP contribution is 2.26. The quantitative estimate of drug-likeness (QED) is 0.393. The number of hydrogen-bond acceptors (Lipinski definition) is 6. The molecule has 1 aliphatic rings. The van der Waals surface area contributed by atoms with Gasteiger partial charge in [0.2, 0.25) is 10.0 Å². The fraction of sp³-hybridized carbons (Fsp3) is 0.360. The number of sulfonamides is 1. The average Bonchev–Trinajstić information content (AvgIpc) is 3.30. The number of para-hydroxylation sites is 1. The van der Waals surface area contributed by atoms with Crippen molar-refractivity contribution in [1.82, 2.24) is 19.9 Å². The molecule has 3 aromatic rings. The van der Waals surface area contributed by atoms with Crippen LogP contribution < -0.4 is 15.4 Å². The van der Waals surface area contributed by atoms with Crippen molar-refractivity contribution in [3.63, 3.8) is 0 Å². The number of amides is 2. The molecule has 36 heavy (non-hydrogen) atoms. The second-order valence-electron chi connectivity index (χ2n) is 8.50. The van der Waals surface area contributed by atoms with Crippen LogP contribution in [-0.2, 0) is 30.8 Å². The van der Waals surface area contributed by atoms with Gasteiger partial charge in [0.25, 0.3) is 0 Å². The zero-order chi connectivity index (χ0) is 25.7. The molecule has 0 radical (unpaired) electrons. The Bertz CT molecular complexity index is 1350. The van der Waals surface area contributed by atoms with Gasteiger partial charge in [-0.25, -0.2) is 8.42 Å². The normalized spacial score (nSPS) is 16.6. The van der Waals surface area contributed by atoms with Crippen LogP contribution in [0.3, 0.4) is 0 Å². The molecule has 0 spiro atoms. The number of carbonyl (C=O) groups is 2. The predicted molar refractivity (Wildman–Crippen MR) is 134 cm³/mol. The van der Waals surface area contributed by atoms with Gasteiger partial charge < -0.3 is 25.1 Å². The summed E-state index contributed by atoms with van der Waals surface area (Å²) in [6.45, 7) is 2.49. The molecule has 3 N–H and O–H groups in total. The number of nitrogens with one attached hydrogen (secondary N) is 3. The molecular formula is C25H30N4O6S. The SMILES string of the molecule is COc1ccc(S(=O)(=O)N2CCCO[C@H]2CNC(=O)C(=O)NCCc2c[nH]c3ccccc23)cc1C. The predicted octanol–water partition coefficient (Wildman–Crippen LogP) is 1.70. The summed E-state index contributed by atoms with van der Waals surface area (Å²) in [5, 5.41) is 6.18. The summed E-state index contributed by atoms with van der Waals surface area (Å²) in [4.78, 5) is 27.9. The topological polar surface area (TPSA) is 130 Å².